The van der Waals surface area contributed by atoms with Crippen LogP contribution in [0.1, 0.15) is 50.8 Å². The molecule has 1 aromatic heterocycles. The lowest BCUT2D eigenvalue weighted by Gasteiger charge is -2.41. The zero-order valence-corrected chi connectivity index (χ0v) is 20.8. The summed E-state index contributed by atoms with van der Waals surface area (Å²) in [7, 11) is 0. The summed E-state index contributed by atoms with van der Waals surface area (Å²) in [5.74, 6) is 0.487. The summed E-state index contributed by atoms with van der Waals surface area (Å²) in [5.41, 5.74) is 3.81. The van der Waals surface area contributed by atoms with Crippen molar-refractivity contribution in [2.75, 3.05) is 16.8 Å². The number of ketones is 1. The lowest BCUT2D eigenvalue weighted by molar-refractivity contribution is -0.121. The molecule has 2 atom stereocenters. The van der Waals surface area contributed by atoms with Gasteiger partial charge in [0.25, 0.3) is 0 Å². The van der Waals surface area contributed by atoms with Gasteiger partial charge in [0.05, 0.1) is 30.5 Å². The Morgan fingerprint density at radius 3 is 2.79 bits per heavy atom. The van der Waals surface area contributed by atoms with Crippen molar-refractivity contribution in [3.63, 3.8) is 0 Å². The summed E-state index contributed by atoms with van der Waals surface area (Å²) in [6, 6.07) is 12.1. The van der Waals surface area contributed by atoms with Gasteiger partial charge in [0.15, 0.2) is 5.78 Å². The van der Waals surface area contributed by atoms with E-state index < -0.39 is 0 Å². The van der Waals surface area contributed by atoms with Gasteiger partial charge >= 0.3 is 0 Å². The summed E-state index contributed by atoms with van der Waals surface area (Å²) in [4.78, 5) is 30.2. The summed E-state index contributed by atoms with van der Waals surface area (Å²) in [6.45, 7) is 5.09. The number of amides is 1. The predicted octanol–water partition coefficient (Wildman–Crippen LogP) is 5.66. The third-order valence-corrected chi connectivity index (χ3v) is 8.04. The molecule has 0 spiro atoms. The van der Waals surface area contributed by atoms with Crippen LogP contribution in [-0.2, 0) is 16.1 Å². The first-order chi connectivity index (χ1) is 16.4. The molecule has 2 aromatic rings. The minimum atomic E-state index is -0.118. The smallest absolute Gasteiger partial charge is 0.239 e. The van der Waals surface area contributed by atoms with Crippen molar-refractivity contribution in [2.45, 2.75) is 58.5 Å². The fraction of sp³-hybridized carbons (Fsp3) is 0.429. The number of carbonyl (C=O) groups excluding carboxylic acids is 2. The maximum absolute atomic E-state index is 13.7. The Hall–Kier alpha value is -2.86. The SMILES string of the molecule is CC1(C)CC(=O)C2=C(C1)Nc1ccccc1N(CC(=O)NCc1cccs1)C2C1CC=CCC1. The van der Waals surface area contributed by atoms with Crippen LogP contribution < -0.4 is 15.5 Å². The van der Waals surface area contributed by atoms with Gasteiger partial charge in [-0.3, -0.25) is 9.59 Å². The topological polar surface area (TPSA) is 61.4 Å². The molecule has 1 aliphatic heterocycles. The Kier molecular flexibility index (Phi) is 6.34. The van der Waals surface area contributed by atoms with Crippen LogP contribution in [-0.4, -0.2) is 24.3 Å². The number of benzene rings is 1. The molecule has 0 bridgehead atoms. The molecule has 3 aliphatic rings. The van der Waals surface area contributed by atoms with E-state index in [4.69, 9.17) is 0 Å². The van der Waals surface area contributed by atoms with E-state index in [1.165, 1.54) is 0 Å². The maximum Gasteiger partial charge on any atom is 0.239 e. The van der Waals surface area contributed by atoms with Gasteiger partial charge in [-0.25, -0.2) is 0 Å². The molecule has 2 aliphatic carbocycles. The molecule has 0 saturated carbocycles. The van der Waals surface area contributed by atoms with Crippen molar-refractivity contribution >= 4 is 34.4 Å². The lowest BCUT2D eigenvalue weighted by Crippen LogP contribution is -2.49. The van der Waals surface area contributed by atoms with Gasteiger partial charge in [-0.05, 0) is 60.6 Å². The number of rotatable bonds is 5. The van der Waals surface area contributed by atoms with Gasteiger partial charge in [0.1, 0.15) is 0 Å². The Morgan fingerprint density at radius 2 is 2.03 bits per heavy atom. The number of para-hydroxylation sites is 2. The molecule has 5 nitrogen and oxygen atoms in total. The van der Waals surface area contributed by atoms with Gasteiger partial charge in [-0.1, -0.05) is 44.2 Å². The third kappa shape index (κ3) is 4.69. The average molecular weight is 476 g/mol. The average Bonchev–Trinajstić information content (AvgIpc) is 3.29. The number of nitrogens with one attached hydrogen (secondary N) is 2. The Bertz CT molecular complexity index is 1130. The molecule has 2 unspecified atom stereocenters. The number of allylic oxidation sites excluding steroid dienone is 3. The van der Waals surface area contributed by atoms with E-state index >= 15 is 0 Å². The van der Waals surface area contributed by atoms with Crippen molar-refractivity contribution in [2.24, 2.45) is 11.3 Å². The van der Waals surface area contributed by atoms with E-state index in [9.17, 15) is 9.59 Å². The molecule has 6 heteroatoms. The summed E-state index contributed by atoms with van der Waals surface area (Å²) < 4.78 is 0. The highest BCUT2D eigenvalue weighted by atomic mass is 32.1. The number of anilines is 2. The fourth-order valence-electron chi connectivity index (χ4n) is 5.67. The lowest BCUT2D eigenvalue weighted by atomic mass is 9.71. The van der Waals surface area contributed by atoms with Crippen LogP contribution in [0.4, 0.5) is 11.4 Å². The molecule has 0 saturated heterocycles. The zero-order chi connectivity index (χ0) is 23.7. The second-order valence-corrected chi connectivity index (χ2v) is 11.5. The number of nitrogens with zero attached hydrogens (tertiary/aromatic N) is 1. The molecule has 0 radical (unpaired) electrons. The zero-order valence-electron chi connectivity index (χ0n) is 20.0. The van der Waals surface area contributed by atoms with Crippen LogP contribution in [0.5, 0.6) is 0 Å². The van der Waals surface area contributed by atoms with E-state index in [1.807, 2.05) is 29.6 Å². The van der Waals surface area contributed by atoms with Crippen LogP contribution in [0, 0.1) is 11.3 Å². The number of hydrogen-bond acceptors (Lipinski definition) is 5. The van der Waals surface area contributed by atoms with Crippen LogP contribution in [0.3, 0.4) is 0 Å². The van der Waals surface area contributed by atoms with Crippen LogP contribution in [0.2, 0.25) is 0 Å². The van der Waals surface area contributed by atoms with Crippen molar-refractivity contribution in [1.29, 1.82) is 0 Å². The molecular weight excluding hydrogens is 442 g/mol. The highest BCUT2D eigenvalue weighted by Gasteiger charge is 2.43. The first kappa shape index (κ1) is 22.9. The largest absolute Gasteiger partial charge is 0.357 e. The molecule has 34 heavy (non-hydrogen) atoms. The summed E-state index contributed by atoms with van der Waals surface area (Å²) in [6.07, 6.45) is 8.80. The van der Waals surface area contributed by atoms with Crippen molar-refractivity contribution < 1.29 is 9.59 Å². The summed E-state index contributed by atoms with van der Waals surface area (Å²) in [5, 5.41) is 8.76. The second kappa shape index (κ2) is 9.41. The van der Waals surface area contributed by atoms with E-state index in [-0.39, 0.29) is 29.7 Å². The van der Waals surface area contributed by atoms with Crippen LogP contribution >= 0.6 is 11.3 Å². The van der Waals surface area contributed by atoms with E-state index in [0.717, 1.165) is 53.2 Å². The third-order valence-electron chi connectivity index (χ3n) is 7.16. The Balaban J connectivity index is 1.55. The van der Waals surface area contributed by atoms with Crippen molar-refractivity contribution in [3.8, 4) is 0 Å². The van der Waals surface area contributed by atoms with Crippen LogP contribution in [0.15, 0.2) is 65.2 Å². The minimum absolute atomic E-state index is 0.0211. The first-order valence-corrected chi connectivity index (χ1v) is 13.1. The van der Waals surface area contributed by atoms with E-state index in [0.29, 0.717) is 18.9 Å². The number of carbonyl (C=O) groups is 2. The number of fused-ring (bicyclic) bond motifs is 1. The Morgan fingerprint density at radius 1 is 1.18 bits per heavy atom. The molecule has 5 rings (SSSR count). The Labute approximate surface area is 205 Å². The van der Waals surface area contributed by atoms with Gasteiger partial charge in [0.2, 0.25) is 5.91 Å². The highest BCUT2D eigenvalue weighted by Crippen LogP contribution is 2.46. The van der Waals surface area contributed by atoms with Gasteiger partial charge in [0, 0.05) is 22.6 Å². The molecule has 1 amide bonds. The predicted molar refractivity (Wildman–Crippen MR) is 139 cm³/mol. The normalized spacial score (nSPS) is 23.6. The van der Waals surface area contributed by atoms with Gasteiger partial charge < -0.3 is 15.5 Å². The van der Waals surface area contributed by atoms with Crippen molar-refractivity contribution in [1.82, 2.24) is 5.32 Å². The molecule has 0 fully saturated rings. The maximum atomic E-state index is 13.7. The molecule has 178 valence electrons. The molecule has 1 aromatic carbocycles. The number of thiophene rings is 1. The summed E-state index contributed by atoms with van der Waals surface area (Å²) >= 11 is 1.64. The van der Waals surface area contributed by atoms with Crippen molar-refractivity contribution in [3.05, 3.63) is 70.1 Å². The quantitative estimate of drug-likeness (QED) is 0.548. The van der Waals surface area contributed by atoms with Gasteiger partial charge in [-0.2, -0.15) is 0 Å². The molecular formula is C28H33N3O2S. The van der Waals surface area contributed by atoms with Crippen LogP contribution in [0.25, 0.3) is 0 Å². The van der Waals surface area contributed by atoms with E-state index in [1.54, 1.807) is 11.3 Å². The fourth-order valence-corrected chi connectivity index (χ4v) is 6.32. The number of hydrogen-bond donors (Lipinski definition) is 2. The second-order valence-electron chi connectivity index (χ2n) is 10.4. The van der Waals surface area contributed by atoms with E-state index in [2.05, 4.69) is 53.7 Å². The molecule has 2 N–H and O–H groups in total. The number of Topliss-reactive ketones (excluding diaryl/α,β-unsaturated/α-hetero) is 1. The molecule has 2 heterocycles. The highest BCUT2D eigenvalue weighted by molar-refractivity contribution is 7.09. The standard InChI is InChI=1S/C28H33N3O2S/c1-28(2)15-22-26(24(32)16-28)27(19-9-4-3-5-10-19)31(23-13-7-6-12-21(23)30-22)18-25(33)29-17-20-11-8-14-34-20/h3-4,6-8,11-14,19,27,30H,5,9-10,15-18H2,1-2H3,(H,29,33). The van der Waals surface area contributed by atoms with Gasteiger partial charge in [-0.15, -0.1) is 11.3 Å². The minimum Gasteiger partial charge on any atom is -0.357 e. The first-order valence-electron chi connectivity index (χ1n) is 12.2. The monoisotopic (exact) mass is 475 g/mol.